The summed E-state index contributed by atoms with van der Waals surface area (Å²) in [6.45, 7) is 1.49. The van der Waals surface area contributed by atoms with E-state index in [-0.39, 0.29) is 17.6 Å². The van der Waals surface area contributed by atoms with E-state index in [2.05, 4.69) is 21.2 Å². The van der Waals surface area contributed by atoms with Crippen LogP contribution < -0.4 is 10.2 Å². The van der Waals surface area contributed by atoms with Crippen molar-refractivity contribution in [1.29, 1.82) is 0 Å². The highest BCUT2D eigenvalue weighted by molar-refractivity contribution is 9.10. The molecule has 104 valence electrons. The van der Waals surface area contributed by atoms with Crippen molar-refractivity contribution in [2.45, 2.75) is 6.92 Å². The second-order valence-corrected chi connectivity index (χ2v) is 4.96. The van der Waals surface area contributed by atoms with Crippen molar-refractivity contribution in [3.05, 3.63) is 46.8 Å². The van der Waals surface area contributed by atoms with Crippen molar-refractivity contribution in [2.24, 2.45) is 0 Å². The van der Waals surface area contributed by atoms with Gasteiger partial charge in [-0.2, -0.15) is 0 Å². The first-order chi connectivity index (χ1) is 9.47. The summed E-state index contributed by atoms with van der Waals surface area (Å²) < 4.78 is 5.66. The minimum atomic E-state index is -0.330. The standard InChI is InChI=1S/C14H13BrN2O3/c1-9(18)17(2)11-5-3-10(4-6-11)16-14(19)12-7-8-13(15)20-12/h3-8H,1-2H3,(H,16,19). The fraction of sp³-hybridized carbons (Fsp3) is 0.143. The van der Waals surface area contributed by atoms with Crippen LogP contribution in [-0.2, 0) is 4.79 Å². The molecule has 1 aromatic carbocycles. The number of rotatable bonds is 3. The van der Waals surface area contributed by atoms with E-state index in [1.807, 2.05) is 0 Å². The zero-order valence-corrected chi connectivity index (χ0v) is 12.6. The van der Waals surface area contributed by atoms with Gasteiger partial charge in [-0.3, -0.25) is 9.59 Å². The number of anilines is 2. The van der Waals surface area contributed by atoms with Crippen molar-refractivity contribution in [3.8, 4) is 0 Å². The average Bonchev–Trinajstić information content (AvgIpc) is 2.85. The molecule has 0 saturated carbocycles. The molecule has 6 heteroatoms. The molecule has 5 nitrogen and oxygen atoms in total. The van der Waals surface area contributed by atoms with Gasteiger partial charge in [0.05, 0.1) is 0 Å². The van der Waals surface area contributed by atoms with E-state index in [9.17, 15) is 9.59 Å². The molecule has 0 aliphatic rings. The van der Waals surface area contributed by atoms with Gasteiger partial charge in [0.15, 0.2) is 10.4 Å². The van der Waals surface area contributed by atoms with Crippen molar-refractivity contribution in [2.75, 3.05) is 17.3 Å². The van der Waals surface area contributed by atoms with Crippen molar-refractivity contribution < 1.29 is 14.0 Å². The lowest BCUT2D eigenvalue weighted by Crippen LogP contribution is -2.22. The molecular weight excluding hydrogens is 324 g/mol. The average molecular weight is 337 g/mol. The van der Waals surface area contributed by atoms with Crippen LogP contribution >= 0.6 is 15.9 Å². The highest BCUT2D eigenvalue weighted by Crippen LogP contribution is 2.19. The maximum atomic E-state index is 11.9. The van der Waals surface area contributed by atoms with Crippen LogP contribution in [0.25, 0.3) is 0 Å². The first kappa shape index (κ1) is 14.3. The molecule has 2 rings (SSSR count). The largest absolute Gasteiger partial charge is 0.444 e. The predicted octanol–water partition coefficient (Wildman–Crippen LogP) is 3.28. The number of halogens is 1. The molecule has 0 bridgehead atoms. The van der Waals surface area contributed by atoms with Crippen LogP contribution in [0, 0.1) is 0 Å². The second-order valence-electron chi connectivity index (χ2n) is 4.18. The molecular formula is C14H13BrN2O3. The summed E-state index contributed by atoms with van der Waals surface area (Å²) in [5, 5.41) is 2.71. The molecule has 0 fully saturated rings. The van der Waals surface area contributed by atoms with E-state index in [0.29, 0.717) is 10.4 Å². The van der Waals surface area contributed by atoms with Gasteiger partial charge in [0.1, 0.15) is 0 Å². The van der Waals surface area contributed by atoms with Gasteiger partial charge in [0.25, 0.3) is 5.91 Å². The van der Waals surface area contributed by atoms with E-state index in [4.69, 9.17) is 4.42 Å². The Hall–Kier alpha value is -2.08. The Morgan fingerprint density at radius 1 is 1.15 bits per heavy atom. The number of furan rings is 1. The number of nitrogens with one attached hydrogen (secondary N) is 1. The lowest BCUT2D eigenvalue weighted by Gasteiger charge is -2.15. The van der Waals surface area contributed by atoms with Gasteiger partial charge in [-0.1, -0.05) is 0 Å². The number of hydrogen-bond donors (Lipinski definition) is 1. The van der Waals surface area contributed by atoms with E-state index in [0.717, 1.165) is 5.69 Å². The van der Waals surface area contributed by atoms with Crippen LogP contribution in [0.2, 0.25) is 0 Å². The summed E-state index contributed by atoms with van der Waals surface area (Å²) in [5.41, 5.74) is 1.39. The van der Waals surface area contributed by atoms with Crippen LogP contribution in [0.5, 0.6) is 0 Å². The van der Waals surface area contributed by atoms with E-state index in [1.54, 1.807) is 43.4 Å². The van der Waals surface area contributed by atoms with Crippen molar-refractivity contribution in [1.82, 2.24) is 0 Å². The molecule has 0 atom stereocenters. The number of carbonyl (C=O) groups is 2. The van der Waals surface area contributed by atoms with Gasteiger partial charge in [-0.25, -0.2) is 0 Å². The summed E-state index contributed by atoms with van der Waals surface area (Å²) in [7, 11) is 1.69. The number of nitrogens with zero attached hydrogens (tertiary/aromatic N) is 1. The highest BCUT2D eigenvalue weighted by Gasteiger charge is 2.11. The minimum Gasteiger partial charge on any atom is -0.444 e. The number of carbonyl (C=O) groups excluding carboxylic acids is 2. The number of amides is 2. The van der Waals surface area contributed by atoms with Gasteiger partial charge in [-0.05, 0) is 52.3 Å². The normalized spacial score (nSPS) is 10.2. The Morgan fingerprint density at radius 3 is 2.30 bits per heavy atom. The maximum Gasteiger partial charge on any atom is 0.291 e. The quantitative estimate of drug-likeness (QED) is 0.935. The van der Waals surface area contributed by atoms with Crippen LogP contribution in [0.3, 0.4) is 0 Å². The molecule has 1 N–H and O–H groups in total. The Balaban J connectivity index is 2.07. The Kier molecular flexibility index (Phi) is 4.24. The molecule has 0 aliphatic carbocycles. The topological polar surface area (TPSA) is 62.6 Å². The molecule has 1 aromatic heterocycles. The second kappa shape index (κ2) is 5.92. The zero-order valence-electron chi connectivity index (χ0n) is 11.0. The molecule has 0 radical (unpaired) electrons. The molecule has 0 saturated heterocycles. The minimum absolute atomic E-state index is 0.0535. The van der Waals surface area contributed by atoms with Crippen LogP contribution in [-0.4, -0.2) is 18.9 Å². The summed E-state index contributed by atoms with van der Waals surface area (Å²) in [6, 6.07) is 10.2. The molecule has 0 unspecified atom stereocenters. The van der Waals surface area contributed by atoms with Gasteiger partial charge < -0.3 is 14.6 Å². The van der Waals surface area contributed by atoms with Gasteiger partial charge >= 0.3 is 0 Å². The maximum absolute atomic E-state index is 11.9. The lowest BCUT2D eigenvalue weighted by atomic mass is 10.2. The van der Waals surface area contributed by atoms with Gasteiger partial charge in [0, 0.05) is 25.3 Å². The summed E-state index contributed by atoms with van der Waals surface area (Å²) in [6.07, 6.45) is 0. The summed E-state index contributed by atoms with van der Waals surface area (Å²) in [5.74, 6) is -0.160. The Morgan fingerprint density at radius 2 is 1.80 bits per heavy atom. The molecule has 2 amide bonds. The third-order valence-electron chi connectivity index (χ3n) is 2.78. The smallest absolute Gasteiger partial charge is 0.291 e. The van der Waals surface area contributed by atoms with Crippen LogP contribution in [0.15, 0.2) is 45.5 Å². The van der Waals surface area contributed by atoms with Gasteiger partial charge in [0.2, 0.25) is 5.91 Å². The predicted molar refractivity (Wildman–Crippen MR) is 79.9 cm³/mol. The fourth-order valence-corrected chi connectivity index (χ4v) is 1.89. The third kappa shape index (κ3) is 3.27. The lowest BCUT2D eigenvalue weighted by molar-refractivity contribution is -0.116. The van der Waals surface area contributed by atoms with E-state index >= 15 is 0 Å². The summed E-state index contributed by atoms with van der Waals surface area (Å²) in [4.78, 5) is 24.6. The SMILES string of the molecule is CC(=O)N(C)c1ccc(NC(=O)c2ccc(Br)o2)cc1. The van der Waals surface area contributed by atoms with Crippen LogP contribution in [0.4, 0.5) is 11.4 Å². The molecule has 1 heterocycles. The Bertz CT molecular complexity index is 634. The number of benzene rings is 1. The highest BCUT2D eigenvalue weighted by atomic mass is 79.9. The Labute approximate surface area is 124 Å². The summed E-state index contributed by atoms with van der Waals surface area (Å²) >= 11 is 3.14. The van der Waals surface area contributed by atoms with Crippen molar-refractivity contribution in [3.63, 3.8) is 0 Å². The first-order valence-electron chi connectivity index (χ1n) is 5.88. The monoisotopic (exact) mass is 336 g/mol. The van der Waals surface area contributed by atoms with Gasteiger partial charge in [-0.15, -0.1) is 0 Å². The van der Waals surface area contributed by atoms with E-state index < -0.39 is 0 Å². The first-order valence-corrected chi connectivity index (χ1v) is 6.67. The molecule has 20 heavy (non-hydrogen) atoms. The number of hydrogen-bond acceptors (Lipinski definition) is 3. The zero-order chi connectivity index (χ0) is 14.7. The van der Waals surface area contributed by atoms with Crippen LogP contribution in [0.1, 0.15) is 17.5 Å². The van der Waals surface area contributed by atoms with E-state index in [1.165, 1.54) is 11.8 Å². The van der Waals surface area contributed by atoms with Crippen molar-refractivity contribution >= 4 is 39.1 Å². The third-order valence-corrected chi connectivity index (χ3v) is 3.21. The molecule has 0 aliphatic heterocycles. The molecule has 0 spiro atoms. The molecule has 2 aromatic rings. The fourth-order valence-electron chi connectivity index (χ4n) is 1.58.